The van der Waals surface area contributed by atoms with Crippen LogP contribution in [0.25, 0.3) is 0 Å². The maximum Gasteiger partial charge on any atom is 0.411 e. The molecule has 1 rings (SSSR count). The number of ether oxygens (including phenoxy) is 2. The normalized spacial score (nSPS) is 11.8. The highest BCUT2D eigenvalue weighted by atomic mass is 32.2. The van der Waals surface area contributed by atoms with Crippen LogP contribution in [-0.2, 0) is 9.47 Å². The van der Waals surface area contributed by atoms with Crippen LogP contribution < -0.4 is 4.73 Å². The van der Waals surface area contributed by atoms with Crippen molar-refractivity contribution in [1.82, 2.24) is 0 Å². The molecule has 8 heteroatoms. The Bertz CT molecular complexity index is 415. The zero-order valence-electron chi connectivity index (χ0n) is 11.0. The third kappa shape index (κ3) is 7.56. The summed E-state index contributed by atoms with van der Waals surface area (Å²) in [5.41, 5.74) is 0.608. The van der Waals surface area contributed by atoms with Crippen LogP contribution in [0.3, 0.4) is 0 Å². The lowest BCUT2D eigenvalue weighted by atomic mass is 10.4. The van der Waals surface area contributed by atoms with Gasteiger partial charge in [0.15, 0.2) is 11.9 Å². The van der Waals surface area contributed by atoms with E-state index in [0.717, 1.165) is 9.63 Å². The van der Waals surface area contributed by atoms with E-state index in [1.807, 2.05) is 0 Å². The van der Waals surface area contributed by atoms with Crippen LogP contribution >= 0.6 is 11.8 Å². The first-order valence-corrected chi connectivity index (χ1v) is 6.92. The molecule has 0 bridgehead atoms. The highest BCUT2D eigenvalue weighted by Gasteiger charge is 2.27. The summed E-state index contributed by atoms with van der Waals surface area (Å²) < 4.78 is 45.5. The fourth-order valence-electron chi connectivity index (χ4n) is 1.29. The van der Waals surface area contributed by atoms with Crippen LogP contribution in [0.4, 0.5) is 13.2 Å². The van der Waals surface area contributed by atoms with Crippen LogP contribution in [-0.4, -0.2) is 38.4 Å². The average Bonchev–Trinajstić information content (AvgIpc) is 2.35. The van der Waals surface area contributed by atoms with E-state index in [2.05, 4.69) is 4.74 Å². The van der Waals surface area contributed by atoms with E-state index >= 15 is 0 Å². The lowest BCUT2D eigenvalue weighted by Gasteiger charge is -2.08. The lowest BCUT2D eigenvalue weighted by Crippen LogP contribution is -2.28. The van der Waals surface area contributed by atoms with E-state index in [4.69, 9.17) is 4.74 Å². The van der Waals surface area contributed by atoms with Gasteiger partial charge < -0.3 is 14.7 Å². The molecule has 0 atom stereocenters. The van der Waals surface area contributed by atoms with Crippen molar-refractivity contribution < 1.29 is 27.4 Å². The van der Waals surface area contributed by atoms with Crippen molar-refractivity contribution >= 4 is 11.8 Å². The van der Waals surface area contributed by atoms with Crippen LogP contribution in [0.2, 0.25) is 0 Å². The molecule has 0 radical (unpaired) electrons. The summed E-state index contributed by atoms with van der Waals surface area (Å²) in [6, 6.07) is 3.47. The molecule has 0 N–H and O–H groups in total. The topological polar surface area (TPSA) is 45.4 Å². The van der Waals surface area contributed by atoms with Crippen molar-refractivity contribution in [2.45, 2.75) is 18.0 Å². The molecule has 0 aliphatic rings. The van der Waals surface area contributed by atoms with Gasteiger partial charge in [-0.15, -0.1) is 11.8 Å². The Morgan fingerprint density at radius 2 is 1.95 bits per heavy atom. The van der Waals surface area contributed by atoms with E-state index in [1.165, 1.54) is 18.0 Å². The van der Waals surface area contributed by atoms with Crippen LogP contribution in [0.5, 0.6) is 0 Å². The number of alkyl halides is 3. The number of halogens is 3. The molecule has 0 aromatic carbocycles. The van der Waals surface area contributed by atoms with Gasteiger partial charge in [-0.05, 0) is 0 Å². The van der Waals surface area contributed by atoms with E-state index in [-0.39, 0.29) is 13.2 Å². The predicted octanol–water partition coefficient (Wildman–Crippen LogP) is 2.32. The minimum absolute atomic E-state index is 0.0786. The van der Waals surface area contributed by atoms with Gasteiger partial charge in [-0.25, -0.2) is 0 Å². The van der Waals surface area contributed by atoms with Crippen molar-refractivity contribution in [2.75, 3.05) is 32.2 Å². The maximum atomic E-state index is 11.7. The summed E-state index contributed by atoms with van der Waals surface area (Å²) in [6.45, 7) is 0.927. The van der Waals surface area contributed by atoms with Gasteiger partial charge in [-0.3, -0.25) is 0 Å². The smallest absolute Gasteiger partial charge is 0.411 e. The number of hydrogen-bond donors (Lipinski definition) is 0. The fraction of sp³-hybridized carbons (Fsp3) is 0.583. The second kappa shape index (κ2) is 8.33. The van der Waals surface area contributed by atoms with Gasteiger partial charge in [-0.1, -0.05) is 0 Å². The maximum absolute atomic E-state index is 11.7. The minimum Gasteiger partial charge on any atom is -0.619 e. The molecule has 0 unspecified atom stereocenters. The van der Waals surface area contributed by atoms with Crippen molar-refractivity contribution in [3.8, 4) is 0 Å². The van der Waals surface area contributed by atoms with Crippen molar-refractivity contribution in [2.24, 2.45) is 0 Å². The number of pyridine rings is 1. The predicted molar refractivity (Wildman–Crippen MR) is 68.6 cm³/mol. The summed E-state index contributed by atoms with van der Waals surface area (Å²) in [7, 11) is 0. The number of aromatic nitrogens is 1. The third-order valence-electron chi connectivity index (χ3n) is 2.21. The summed E-state index contributed by atoms with van der Waals surface area (Å²) in [4.78, 5) is 0.950. The van der Waals surface area contributed by atoms with Crippen molar-refractivity contribution in [3.05, 3.63) is 29.2 Å². The Hall–Kier alpha value is -0.990. The average molecular weight is 311 g/mol. The number of rotatable bonds is 8. The Morgan fingerprint density at radius 1 is 1.25 bits per heavy atom. The van der Waals surface area contributed by atoms with Gasteiger partial charge in [0.05, 0.1) is 19.8 Å². The first-order valence-electron chi connectivity index (χ1n) is 5.93. The first-order chi connectivity index (χ1) is 9.38. The van der Waals surface area contributed by atoms with Gasteiger partial charge in [-0.2, -0.15) is 17.9 Å². The van der Waals surface area contributed by atoms with Crippen LogP contribution in [0.15, 0.2) is 23.2 Å². The second-order valence-electron chi connectivity index (χ2n) is 3.96. The Morgan fingerprint density at radius 3 is 2.60 bits per heavy atom. The second-order valence-corrected chi connectivity index (χ2v) is 5.13. The quantitative estimate of drug-likeness (QED) is 0.320. The standard InChI is InChI=1S/C12H16F3NO3S/c1-10-8-11(2-3-16(10)17)20-7-6-18-4-5-19-9-12(13,14)15/h2-3,8H,4-7,9H2,1H3. The molecule has 0 aliphatic carbocycles. The zero-order chi connectivity index (χ0) is 15.0. The van der Waals surface area contributed by atoms with Crippen molar-refractivity contribution in [3.63, 3.8) is 0 Å². The molecule has 1 heterocycles. The summed E-state index contributed by atoms with van der Waals surface area (Å²) in [5.74, 6) is 0.654. The molecule has 114 valence electrons. The number of nitrogens with zero attached hydrogens (tertiary/aromatic N) is 1. The highest BCUT2D eigenvalue weighted by molar-refractivity contribution is 7.99. The summed E-state index contributed by atoms with van der Waals surface area (Å²) >= 11 is 1.51. The molecule has 0 aliphatic heterocycles. The molecule has 0 spiro atoms. The highest BCUT2D eigenvalue weighted by Crippen LogP contribution is 2.17. The van der Waals surface area contributed by atoms with Gasteiger partial charge in [0, 0.05) is 29.7 Å². The molecular weight excluding hydrogens is 295 g/mol. The Balaban J connectivity index is 2.03. The molecule has 1 aromatic rings. The monoisotopic (exact) mass is 311 g/mol. The Kier molecular flexibility index (Phi) is 7.11. The van der Waals surface area contributed by atoms with Crippen molar-refractivity contribution in [1.29, 1.82) is 0 Å². The third-order valence-corrected chi connectivity index (χ3v) is 3.17. The molecule has 0 amide bonds. The molecule has 1 aromatic heterocycles. The number of thioether (sulfide) groups is 1. The molecule has 0 saturated heterocycles. The summed E-state index contributed by atoms with van der Waals surface area (Å²) in [5, 5.41) is 11.1. The largest absolute Gasteiger partial charge is 0.619 e. The Labute approximate surface area is 119 Å². The number of aryl methyl sites for hydroxylation is 1. The van der Waals surface area contributed by atoms with Gasteiger partial charge >= 0.3 is 6.18 Å². The molecule has 4 nitrogen and oxygen atoms in total. The molecule has 0 saturated carbocycles. The van der Waals surface area contributed by atoms with E-state index in [1.54, 1.807) is 19.1 Å². The fourth-order valence-corrected chi connectivity index (χ4v) is 2.14. The van der Waals surface area contributed by atoms with E-state index in [0.29, 0.717) is 18.1 Å². The first kappa shape index (κ1) is 17.1. The van der Waals surface area contributed by atoms with Crippen LogP contribution in [0, 0.1) is 12.1 Å². The van der Waals surface area contributed by atoms with Gasteiger partial charge in [0.1, 0.15) is 6.61 Å². The van der Waals surface area contributed by atoms with E-state index < -0.39 is 12.8 Å². The zero-order valence-corrected chi connectivity index (χ0v) is 11.8. The lowest BCUT2D eigenvalue weighted by molar-refractivity contribution is -0.612. The summed E-state index contributed by atoms with van der Waals surface area (Å²) in [6.07, 6.45) is -2.86. The van der Waals surface area contributed by atoms with Gasteiger partial charge in [0.2, 0.25) is 0 Å². The van der Waals surface area contributed by atoms with E-state index in [9.17, 15) is 18.4 Å². The minimum atomic E-state index is -4.29. The van der Waals surface area contributed by atoms with Gasteiger partial charge in [0.25, 0.3) is 0 Å². The SMILES string of the molecule is Cc1cc(SCCOCCOCC(F)(F)F)cc[n+]1[O-]. The number of hydrogen-bond acceptors (Lipinski definition) is 4. The van der Waals surface area contributed by atoms with Crippen LogP contribution in [0.1, 0.15) is 5.69 Å². The molecule has 20 heavy (non-hydrogen) atoms. The molecular formula is C12H16F3NO3S. The molecule has 0 fully saturated rings.